The van der Waals surface area contributed by atoms with Gasteiger partial charge in [0, 0.05) is 11.3 Å². The predicted molar refractivity (Wildman–Crippen MR) is 64.1 cm³/mol. The minimum Gasteiger partial charge on any atom is -0.333 e. The maximum Gasteiger partial charge on any atom is 0.252 e. The summed E-state index contributed by atoms with van der Waals surface area (Å²) in [6, 6.07) is 3.23. The van der Waals surface area contributed by atoms with E-state index in [0.29, 0.717) is 24.3 Å². The SMILES string of the molecule is N#CC1(NC(=O)c2cc(F)c(F)c(F)c2)CCSC1. The van der Waals surface area contributed by atoms with Gasteiger partial charge in [-0.1, -0.05) is 0 Å². The zero-order valence-electron chi connectivity index (χ0n) is 9.67. The first kappa shape index (κ1) is 13.7. The van der Waals surface area contributed by atoms with Crippen molar-refractivity contribution >= 4 is 17.7 Å². The number of nitrogens with zero attached hydrogens (tertiary/aromatic N) is 1. The van der Waals surface area contributed by atoms with Crippen LogP contribution in [0.4, 0.5) is 13.2 Å². The summed E-state index contributed by atoms with van der Waals surface area (Å²) in [6.07, 6.45) is 0.464. The summed E-state index contributed by atoms with van der Waals surface area (Å²) in [5.74, 6) is -4.14. The molecule has 1 heterocycles. The summed E-state index contributed by atoms with van der Waals surface area (Å²) in [7, 11) is 0. The highest BCUT2D eigenvalue weighted by atomic mass is 32.2. The van der Waals surface area contributed by atoms with Crippen molar-refractivity contribution in [3.8, 4) is 6.07 Å². The molecule has 19 heavy (non-hydrogen) atoms. The van der Waals surface area contributed by atoms with E-state index < -0.39 is 28.9 Å². The lowest BCUT2D eigenvalue weighted by Crippen LogP contribution is -2.47. The summed E-state index contributed by atoms with van der Waals surface area (Å²) in [5, 5.41) is 11.5. The van der Waals surface area contributed by atoms with E-state index in [1.54, 1.807) is 0 Å². The molecule has 1 aliphatic rings. The van der Waals surface area contributed by atoms with Gasteiger partial charge in [0.1, 0.15) is 5.54 Å². The Labute approximate surface area is 111 Å². The molecule has 1 fully saturated rings. The largest absolute Gasteiger partial charge is 0.333 e. The van der Waals surface area contributed by atoms with Crippen LogP contribution in [0.2, 0.25) is 0 Å². The van der Waals surface area contributed by atoms with Gasteiger partial charge in [0.2, 0.25) is 0 Å². The Morgan fingerprint density at radius 1 is 1.37 bits per heavy atom. The molecule has 0 aliphatic carbocycles. The van der Waals surface area contributed by atoms with E-state index in [1.165, 1.54) is 11.8 Å². The molecule has 1 aromatic rings. The topological polar surface area (TPSA) is 52.9 Å². The maximum atomic E-state index is 13.0. The lowest BCUT2D eigenvalue weighted by atomic mass is 10.0. The molecule has 0 saturated carbocycles. The molecule has 0 aromatic heterocycles. The molecule has 1 saturated heterocycles. The van der Waals surface area contributed by atoms with Gasteiger partial charge < -0.3 is 5.32 Å². The van der Waals surface area contributed by atoms with Crippen LogP contribution >= 0.6 is 11.8 Å². The van der Waals surface area contributed by atoms with E-state index in [1.807, 2.05) is 6.07 Å². The molecule has 0 bridgehead atoms. The van der Waals surface area contributed by atoms with Crippen LogP contribution in [-0.2, 0) is 0 Å². The third-order valence-electron chi connectivity index (χ3n) is 2.83. The standard InChI is InChI=1S/C12H9F3N2OS/c13-8-3-7(4-9(14)10(8)15)11(18)17-12(5-16)1-2-19-6-12/h3-4H,1-2,6H2,(H,17,18). The summed E-state index contributed by atoms with van der Waals surface area (Å²) in [4.78, 5) is 11.9. The van der Waals surface area contributed by atoms with Gasteiger partial charge in [-0.25, -0.2) is 13.2 Å². The molecule has 1 aromatic carbocycles. The molecule has 7 heteroatoms. The van der Waals surface area contributed by atoms with Gasteiger partial charge in [-0.15, -0.1) is 0 Å². The van der Waals surface area contributed by atoms with Crippen molar-refractivity contribution in [2.24, 2.45) is 0 Å². The molecule has 1 N–H and O–H groups in total. The highest BCUT2D eigenvalue weighted by Gasteiger charge is 2.36. The highest BCUT2D eigenvalue weighted by molar-refractivity contribution is 7.99. The van der Waals surface area contributed by atoms with E-state index in [-0.39, 0.29) is 5.56 Å². The smallest absolute Gasteiger partial charge is 0.252 e. The summed E-state index contributed by atoms with van der Waals surface area (Å²) in [6.45, 7) is 0. The number of carbonyl (C=O) groups is 1. The van der Waals surface area contributed by atoms with Gasteiger partial charge in [0.05, 0.1) is 6.07 Å². The lowest BCUT2D eigenvalue weighted by molar-refractivity contribution is 0.0925. The average Bonchev–Trinajstić information content (AvgIpc) is 2.84. The summed E-state index contributed by atoms with van der Waals surface area (Å²) >= 11 is 1.51. The molecular formula is C12H9F3N2OS. The van der Waals surface area contributed by atoms with Crippen LogP contribution in [0, 0.1) is 28.8 Å². The van der Waals surface area contributed by atoms with E-state index in [0.717, 1.165) is 5.75 Å². The number of rotatable bonds is 2. The Kier molecular flexibility index (Phi) is 3.71. The van der Waals surface area contributed by atoms with Crippen molar-refractivity contribution in [2.45, 2.75) is 12.0 Å². The Hall–Kier alpha value is -1.68. The fourth-order valence-electron chi connectivity index (χ4n) is 1.76. The molecule has 2 rings (SSSR count). The van der Waals surface area contributed by atoms with Crippen LogP contribution in [0.25, 0.3) is 0 Å². The van der Waals surface area contributed by atoms with Gasteiger partial charge >= 0.3 is 0 Å². The second-order valence-corrected chi connectivity index (χ2v) is 5.31. The van der Waals surface area contributed by atoms with Crippen molar-refractivity contribution in [1.29, 1.82) is 5.26 Å². The Morgan fingerprint density at radius 3 is 2.47 bits per heavy atom. The second-order valence-electron chi connectivity index (χ2n) is 4.20. The first-order chi connectivity index (χ1) is 8.97. The first-order valence-electron chi connectivity index (χ1n) is 5.43. The minimum absolute atomic E-state index is 0.345. The Morgan fingerprint density at radius 2 is 2.00 bits per heavy atom. The molecule has 1 unspecified atom stereocenters. The third-order valence-corrected chi connectivity index (χ3v) is 4.02. The van der Waals surface area contributed by atoms with Crippen molar-refractivity contribution in [3.63, 3.8) is 0 Å². The second kappa shape index (κ2) is 5.13. The first-order valence-corrected chi connectivity index (χ1v) is 6.59. The minimum atomic E-state index is -1.62. The van der Waals surface area contributed by atoms with Crippen molar-refractivity contribution in [3.05, 3.63) is 35.1 Å². The zero-order valence-corrected chi connectivity index (χ0v) is 10.5. The molecule has 0 radical (unpaired) electrons. The Balaban J connectivity index is 2.23. The number of halogens is 3. The van der Waals surface area contributed by atoms with Gasteiger partial charge in [-0.05, 0) is 24.3 Å². The number of amides is 1. The van der Waals surface area contributed by atoms with Gasteiger partial charge in [0.15, 0.2) is 17.5 Å². The number of hydrogen-bond donors (Lipinski definition) is 1. The Bertz CT molecular complexity index is 542. The normalized spacial score (nSPS) is 22.0. The summed E-state index contributed by atoms with van der Waals surface area (Å²) in [5.41, 5.74) is -1.37. The summed E-state index contributed by atoms with van der Waals surface area (Å²) < 4.78 is 38.8. The predicted octanol–water partition coefficient (Wildman–Crippen LogP) is 2.23. The van der Waals surface area contributed by atoms with E-state index >= 15 is 0 Å². The molecular weight excluding hydrogens is 277 g/mol. The maximum absolute atomic E-state index is 13.0. The number of nitrogens with one attached hydrogen (secondary N) is 1. The van der Waals surface area contributed by atoms with E-state index in [2.05, 4.69) is 5.32 Å². The van der Waals surface area contributed by atoms with Gasteiger partial charge in [0.25, 0.3) is 5.91 Å². The van der Waals surface area contributed by atoms with Crippen molar-refractivity contribution in [1.82, 2.24) is 5.32 Å². The van der Waals surface area contributed by atoms with Crippen LogP contribution in [0.3, 0.4) is 0 Å². The van der Waals surface area contributed by atoms with Crippen molar-refractivity contribution < 1.29 is 18.0 Å². The number of carbonyl (C=O) groups excluding carboxylic acids is 1. The van der Waals surface area contributed by atoms with Gasteiger partial charge in [-0.2, -0.15) is 17.0 Å². The highest BCUT2D eigenvalue weighted by Crippen LogP contribution is 2.27. The molecule has 1 atom stereocenters. The third kappa shape index (κ3) is 2.68. The van der Waals surface area contributed by atoms with Gasteiger partial charge in [-0.3, -0.25) is 4.79 Å². The fourth-order valence-corrected chi connectivity index (χ4v) is 3.02. The van der Waals surface area contributed by atoms with E-state index in [4.69, 9.17) is 5.26 Å². The average molecular weight is 286 g/mol. The number of hydrogen-bond acceptors (Lipinski definition) is 3. The molecule has 1 aliphatic heterocycles. The zero-order chi connectivity index (χ0) is 14.0. The molecule has 1 amide bonds. The molecule has 0 spiro atoms. The van der Waals surface area contributed by atoms with E-state index in [9.17, 15) is 18.0 Å². The fraction of sp³-hybridized carbons (Fsp3) is 0.333. The van der Waals surface area contributed by atoms with Crippen LogP contribution in [-0.4, -0.2) is 23.0 Å². The van der Waals surface area contributed by atoms with Crippen molar-refractivity contribution in [2.75, 3.05) is 11.5 Å². The lowest BCUT2D eigenvalue weighted by Gasteiger charge is -2.21. The number of nitriles is 1. The van der Waals surface area contributed by atoms with Crippen LogP contribution < -0.4 is 5.32 Å². The monoisotopic (exact) mass is 286 g/mol. The quantitative estimate of drug-likeness (QED) is 0.848. The van der Waals surface area contributed by atoms with Crippen LogP contribution in [0.5, 0.6) is 0 Å². The number of thioether (sulfide) groups is 1. The van der Waals surface area contributed by atoms with Crippen LogP contribution in [0.15, 0.2) is 12.1 Å². The molecule has 100 valence electrons. The van der Waals surface area contributed by atoms with Crippen LogP contribution in [0.1, 0.15) is 16.8 Å². The number of benzene rings is 1. The molecule has 3 nitrogen and oxygen atoms in total.